The van der Waals surface area contributed by atoms with Gasteiger partial charge < -0.3 is 21.5 Å². The van der Waals surface area contributed by atoms with E-state index in [2.05, 4.69) is 24.5 Å². The monoisotopic (exact) mass is 594 g/mol. The van der Waals surface area contributed by atoms with Crippen molar-refractivity contribution in [1.29, 1.82) is 5.41 Å². The minimum Gasteiger partial charge on any atom is -0.478 e. The van der Waals surface area contributed by atoms with E-state index in [1.165, 1.54) is 6.07 Å². The first-order chi connectivity index (χ1) is 19.6. The van der Waals surface area contributed by atoms with Gasteiger partial charge in [0, 0.05) is 28.4 Å². The SMILES string of the molecule is CC1(C)CCCC1NC(=O)c1ccc(-c2ccccc2C(=O)Nc2ccc(C(=N)N)cc2)c(C(=O)O)c1.CS(=O)(=O)O. The number of amidine groups is 1. The highest BCUT2D eigenvalue weighted by atomic mass is 32.2. The summed E-state index contributed by atoms with van der Waals surface area (Å²) in [6.45, 7) is 4.24. The van der Waals surface area contributed by atoms with E-state index in [-0.39, 0.29) is 39.9 Å². The lowest BCUT2D eigenvalue weighted by molar-refractivity contribution is 0.0697. The second-order valence-electron chi connectivity index (χ2n) is 10.7. The zero-order valence-corrected chi connectivity index (χ0v) is 24.3. The van der Waals surface area contributed by atoms with E-state index in [0.717, 1.165) is 19.3 Å². The van der Waals surface area contributed by atoms with Crippen LogP contribution in [0.1, 0.15) is 69.7 Å². The maximum atomic E-state index is 13.1. The minimum atomic E-state index is -3.67. The quantitative estimate of drug-likeness (QED) is 0.131. The van der Waals surface area contributed by atoms with Crippen molar-refractivity contribution in [3.8, 4) is 11.1 Å². The molecule has 3 aromatic carbocycles. The maximum absolute atomic E-state index is 13.1. The Bertz CT molecular complexity index is 1610. The summed E-state index contributed by atoms with van der Waals surface area (Å²) >= 11 is 0. The number of carbonyl (C=O) groups is 3. The molecule has 0 heterocycles. The summed E-state index contributed by atoms with van der Waals surface area (Å²) in [5, 5.41) is 23.3. The van der Waals surface area contributed by atoms with E-state index < -0.39 is 22.0 Å². The second-order valence-corrected chi connectivity index (χ2v) is 12.2. The number of anilines is 1. The molecule has 1 fully saturated rings. The fourth-order valence-corrected chi connectivity index (χ4v) is 4.78. The van der Waals surface area contributed by atoms with Gasteiger partial charge in [-0.3, -0.25) is 19.6 Å². The largest absolute Gasteiger partial charge is 0.478 e. The molecule has 1 atom stereocenters. The van der Waals surface area contributed by atoms with Crippen LogP contribution in [0.2, 0.25) is 0 Å². The van der Waals surface area contributed by atoms with E-state index in [1.54, 1.807) is 60.7 Å². The first-order valence-corrected chi connectivity index (χ1v) is 14.9. The van der Waals surface area contributed by atoms with Crippen LogP contribution in [-0.4, -0.2) is 54.0 Å². The van der Waals surface area contributed by atoms with Crippen LogP contribution in [0.4, 0.5) is 5.69 Å². The Hall–Kier alpha value is -4.55. The Morgan fingerprint density at radius 1 is 0.929 bits per heavy atom. The lowest BCUT2D eigenvalue weighted by Crippen LogP contribution is -2.41. The molecule has 0 spiro atoms. The van der Waals surface area contributed by atoms with Crippen LogP contribution in [0.3, 0.4) is 0 Å². The summed E-state index contributed by atoms with van der Waals surface area (Å²) in [4.78, 5) is 38.3. The average Bonchev–Trinajstić information content (AvgIpc) is 3.24. The first kappa shape index (κ1) is 32.0. The molecule has 1 aliphatic rings. The van der Waals surface area contributed by atoms with Gasteiger partial charge in [-0.25, -0.2) is 4.79 Å². The van der Waals surface area contributed by atoms with E-state index >= 15 is 0 Å². The summed E-state index contributed by atoms with van der Waals surface area (Å²) < 4.78 is 25.9. The fraction of sp³-hybridized carbons (Fsp3) is 0.267. The molecule has 11 nitrogen and oxygen atoms in total. The van der Waals surface area contributed by atoms with Gasteiger partial charge in [-0.05, 0) is 71.8 Å². The van der Waals surface area contributed by atoms with Gasteiger partial charge in [0.2, 0.25) is 0 Å². The van der Waals surface area contributed by atoms with Crippen LogP contribution in [0.25, 0.3) is 11.1 Å². The van der Waals surface area contributed by atoms with Gasteiger partial charge in [0.05, 0.1) is 11.8 Å². The number of carboxylic acid groups (broad SMARTS) is 1. The normalized spacial score (nSPS) is 15.6. The molecule has 0 saturated heterocycles. The third-order valence-corrected chi connectivity index (χ3v) is 6.99. The number of amides is 2. The third-order valence-electron chi connectivity index (χ3n) is 6.99. The lowest BCUT2D eigenvalue weighted by Gasteiger charge is -2.27. The van der Waals surface area contributed by atoms with E-state index in [1.807, 2.05) is 0 Å². The Morgan fingerprint density at radius 2 is 1.50 bits per heavy atom. The maximum Gasteiger partial charge on any atom is 0.336 e. The third kappa shape index (κ3) is 8.48. The van der Waals surface area contributed by atoms with Crippen molar-refractivity contribution in [3.63, 3.8) is 0 Å². The van der Waals surface area contributed by atoms with Crippen molar-refractivity contribution in [2.24, 2.45) is 11.1 Å². The predicted octanol–water partition coefficient (Wildman–Crippen LogP) is 4.40. The van der Waals surface area contributed by atoms with E-state index in [4.69, 9.17) is 15.7 Å². The van der Waals surface area contributed by atoms with E-state index in [0.29, 0.717) is 28.6 Å². The topological polar surface area (TPSA) is 200 Å². The molecule has 2 amide bonds. The van der Waals surface area contributed by atoms with Gasteiger partial charge in [-0.15, -0.1) is 0 Å². The van der Waals surface area contributed by atoms with Crippen molar-refractivity contribution in [2.45, 2.75) is 39.2 Å². The van der Waals surface area contributed by atoms with Crippen LogP contribution in [-0.2, 0) is 10.1 Å². The minimum absolute atomic E-state index is 0.01000. The smallest absolute Gasteiger partial charge is 0.336 e. The van der Waals surface area contributed by atoms with Crippen LogP contribution in [0.5, 0.6) is 0 Å². The zero-order chi connectivity index (χ0) is 31.2. The van der Waals surface area contributed by atoms with Crippen molar-refractivity contribution in [2.75, 3.05) is 11.6 Å². The highest BCUT2D eigenvalue weighted by Gasteiger charge is 2.35. The number of aromatic carboxylic acids is 1. The number of nitrogen functional groups attached to an aromatic ring is 1. The first-order valence-electron chi connectivity index (χ1n) is 13.0. The summed E-state index contributed by atoms with van der Waals surface area (Å²) in [5.74, 6) is -2.00. The lowest BCUT2D eigenvalue weighted by atomic mass is 9.87. The van der Waals surface area contributed by atoms with Crippen molar-refractivity contribution in [1.82, 2.24) is 5.32 Å². The Kier molecular flexibility index (Phi) is 9.87. The molecule has 3 aromatic rings. The number of nitrogens with one attached hydrogen (secondary N) is 3. The molecular formula is C30H34N4O7S. The van der Waals surface area contributed by atoms with Gasteiger partial charge in [0.15, 0.2) is 0 Å². The molecule has 1 aliphatic carbocycles. The number of hydrogen-bond acceptors (Lipinski definition) is 6. The second kappa shape index (κ2) is 13.0. The summed E-state index contributed by atoms with van der Waals surface area (Å²) in [6.07, 6.45) is 3.67. The van der Waals surface area contributed by atoms with Gasteiger partial charge in [-0.1, -0.05) is 44.5 Å². The number of rotatable bonds is 7. The molecule has 0 aliphatic heterocycles. The fourth-order valence-electron chi connectivity index (χ4n) is 4.78. The summed E-state index contributed by atoms with van der Waals surface area (Å²) in [5.41, 5.74) is 7.76. The van der Waals surface area contributed by atoms with Crippen molar-refractivity contribution in [3.05, 3.63) is 89.0 Å². The summed E-state index contributed by atoms with van der Waals surface area (Å²) in [6, 6.07) is 17.8. The molecule has 4 rings (SSSR count). The molecule has 222 valence electrons. The van der Waals surface area contributed by atoms with Crippen LogP contribution < -0.4 is 16.4 Å². The predicted molar refractivity (Wildman–Crippen MR) is 161 cm³/mol. The van der Waals surface area contributed by atoms with Crippen molar-refractivity contribution < 1.29 is 32.5 Å². The standard InChI is InChI=1S/C29H30N4O4.CH4O3S/c1-29(2)15-5-8-24(29)33-26(34)18-11-14-21(23(16-18)28(36)37)20-6-3-4-7-22(20)27(35)32-19-12-9-17(10-13-19)25(30)31;1-5(2,3)4/h3-4,6-7,9-14,16,24H,5,8,15H2,1-2H3,(H3,30,31)(H,32,35)(H,33,34)(H,36,37);1H3,(H,2,3,4). The van der Waals surface area contributed by atoms with Gasteiger partial charge in [-0.2, -0.15) is 8.42 Å². The molecule has 0 radical (unpaired) electrons. The highest BCUT2D eigenvalue weighted by Crippen LogP contribution is 2.37. The Morgan fingerprint density at radius 3 is 2.05 bits per heavy atom. The zero-order valence-electron chi connectivity index (χ0n) is 23.5. The van der Waals surface area contributed by atoms with Gasteiger partial charge in [0.1, 0.15) is 5.84 Å². The summed E-state index contributed by atoms with van der Waals surface area (Å²) in [7, 11) is -3.67. The van der Waals surface area contributed by atoms with E-state index in [9.17, 15) is 27.9 Å². The Balaban J connectivity index is 0.000000892. The van der Waals surface area contributed by atoms with Crippen LogP contribution in [0.15, 0.2) is 66.7 Å². The number of hydrogen-bond donors (Lipinski definition) is 6. The molecule has 0 aromatic heterocycles. The average molecular weight is 595 g/mol. The molecule has 12 heteroatoms. The number of nitrogens with two attached hydrogens (primary N) is 1. The number of benzene rings is 3. The molecule has 1 unspecified atom stereocenters. The molecule has 1 saturated carbocycles. The molecule has 42 heavy (non-hydrogen) atoms. The van der Waals surface area contributed by atoms with Crippen LogP contribution in [0, 0.1) is 10.8 Å². The molecule has 0 bridgehead atoms. The Labute approximate surface area is 244 Å². The highest BCUT2D eigenvalue weighted by molar-refractivity contribution is 7.85. The number of carboxylic acids is 1. The van der Waals surface area contributed by atoms with Crippen LogP contribution >= 0.6 is 0 Å². The molecule has 7 N–H and O–H groups in total. The molecular weight excluding hydrogens is 560 g/mol. The number of carbonyl (C=O) groups excluding carboxylic acids is 2. The van der Waals surface area contributed by atoms with Gasteiger partial charge >= 0.3 is 5.97 Å². The van der Waals surface area contributed by atoms with Crippen molar-refractivity contribution >= 4 is 39.4 Å². The van der Waals surface area contributed by atoms with Gasteiger partial charge in [0.25, 0.3) is 21.9 Å².